The lowest BCUT2D eigenvalue weighted by Crippen LogP contribution is -1.96. The first-order valence-electron chi connectivity index (χ1n) is 5.74. The fourth-order valence-corrected chi connectivity index (χ4v) is 2.40. The smallest absolute Gasteiger partial charge is 0.270 e. The van der Waals surface area contributed by atoms with E-state index in [9.17, 15) is 10.1 Å². The first kappa shape index (κ1) is 13.8. The summed E-state index contributed by atoms with van der Waals surface area (Å²) in [7, 11) is 1.87. The third-order valence-corrected chi connectivity index (χ3v) is 3.57. The zero-order valence-corrected chi connectivity index (χ0v) is 12.7. The topological polar surface area (TPSA) is 73.0 Å². The van der Waals surface area contributed by atoms with E-state index < -0.39 is 4.92 Å². The number of aryl methyl sites for hydroxylation is 2. The lowest BCUT2D eigenvalue weighted by molar-refractivity contribution is -0.384. The summed E-state index contributed by atoms with van der Waals surface area (Å²) in [6, 6.07) is 4.75. The summed E-state index contributed by atoms with van der Waals surface area (Å²) in [5.41, 5.74) is 2.83. The van der Waals surface area contributed by atoms with Gasteiger partial charge in [0.2, 0.25) is 0 Å². The molecule has 0 saturated heterocycles. The molecular formula is C12H13IN4O2. The molecule has 1 aromatic carbocycles. The predicted molar refractivity (Wildman–Crippen MR) is 81.7 cm³/mol. The largest absolute Gasteiger partial charge is 0.352 e. The molecule has 1 N–H and O–H groups in total. The molecule has 0 aliphatic heterocycles. The number of halogens is 1. The number of hydrogen-bond acceptors (Lipinski definition) is 4. The molecule has 0 fully saturated rings. The van der Waals surface area contributed by atoms with Crippen LogP contribution in [0.3, 0.4) is 0 Å². The summed E-state index contributed by atoms with van der Waals surface area (Å²) >= 11 is 2.08. The van der Waals surface area contributed by atoms with Crippen molar-refractivity contribution in [3.63, 3.8) is 0 Å². The van der Waals surface area contributed by atoms with Crippen molar-refractivity contribution in [1.29, 1.82) is 0 Å². The van der Waals surface area contributed by atoms with Crippen molar-refractivity contribution >= 4 is 39.7 Å². The van der Waals surface area contributed by atoms with Gasteiger partial charge in [-0.1, -0.05) is 6.92 Å². The zero-order valence-electron chi connectivity index (χ0n) is 10.6. The molecule has 0 atom stereocenters. The maximum atomic E-state index is 10.7. The fraction of sp³-hybridized carbons (Fsp3) is 0.250. The Morgan fingerprint density at radius 3 is 2.79 bits per heavy atom. The normalized spacial score (nSPS) is 10.5. The number of non-ortho nitro benzene ring substituents is 1. The third kappa shape index (κ3) is 3.03. The van der Waals surface area contributed by atoms with Crippen molar-refractivity contribution in [2.24, 2.45) is 7.05 Å². The number of nitrogens with zero attached hydrogens (tertiary/aromatic N) is 3. The van der Waals surface area contributed by atoms with E-state index in [2.05, 4.69) is 33.0 Å². The Balaban J connectivity index is 2.30. The van der Waals surface area contributed by atoms with Crippen LogP contribution < -0.4 is 5.32 Å². The van der Waals surface area contributed by atoms with Gasteiger partial charge in [0.15, 0.2) is 0 Å². The number of rotatable bonds is 4. The van der Waals surface area contributed by atoms with Gasteiger partial charge in [-0.25, -0.2) is 0 Å². The molecule has 100 valence electrons. The van der Waals surface area contributed by atoms with Crippen LogP contribution >= 0.6 is 22.6 Å². The van der Waals surface area contributed by atoms with Gasteiger partial charge in [-0.15, -0.1) is 0 Å². The quantitative estimate of drug-likeness (QED) is 0.508. The van der Waals surface area contributed by atoms with Gasteiger partial charge in [0.25, 0.3) is 5.69 Å². The van der Waals surface area contributed by atoms with Crippen molar-refractivity contribution in [2.45, 2.75) is 13.3 Å². The Morgan fingerprint density at radius 2 is 2.21 bits per heavy atom. The van der Waals surface area contributed by atoms with Gasteiger partial charge in [0, 0.05) is 28.9 Å². The molecule has 0 spiro atoms. The third-order valence-electron chi connectivity index (χ3n) is 2.67. The summed E-state index contributed by atoms with van der Waals surface area (Å²) in [5.74, 6) is 0. The molecule has 0 bridgehead atoms. The molecule has 1 heterocycles. The summed E-state index contributed by atoms with van der Waals surface area (Å²) in [4.78, 5) is 10.3. The zero-order chi connectivity index (χ0) is 14.0. The van der Waals surface area contributed by atoms with Crippen molar-refractivity contribution in [3.05, 3.63) is 43.8 Å². The van der Waals surface area contributed by atoms with Gasteiger partial charge in [-0.05, 0) is 35.1 Å². The minimum Gasteiger partial charge on any atom is -0.352 e. The summed E-state index contributed by atoms with van der Waals surface area (Å²) in [6.07, 6.45) is 2.73. The number of anilines is 2. The molecular weight excluding hydrogens is 359 g/mol. The molecule has 0 radical (unpaired) electrons. The summed E-state index contributed by atoms with van der Waals surface area (Å²) < 4.78 is 2.55. The molecule has 2 aromatic rings. The van der Waals surface area contributed by atoms with Crippen LogP contribution in [0.25, 0.3) is 0 Å². The van der Waals surface area contributed by atoms with E-state index in [0.29, 0.717) is 0 Å². The van der Waals surface area contributed by atoms with Gasteiger partial charge in [-0.3, -0.25) is 14.8 Å². The Labute approximate surface area is 124 Å². The molecule has 19 heavy (non-hydrogen) atoms. The van der Waals surface area contributed by atoms with E-state index in [-0.39, 0.29) is 5.69 Å². The highest BCUT2D eigenvalue weighted by molar-refractivity contribution is 14.1. The average Bonchev–Trinajstić information content (AvgIpc) is 2.71. The van der Waals surface area contributed by atoms with Gasteiger partial charge in [0.1, 0.15) is 0 Å². The number of nitrogens with one attached hydrogen (secondary N) is 1. The van der Waals surface area contributed by atoms with E-state index in [4.69, 9.17) is 0 Å². The lowest BCUT2D eigenvalue weighted by Gasteiger charge is -2.07. The van der Waals surface area contributed by atoms with Gasteiger partial charge >= 0.3 is 0 Å². The maximum absolute atomic E-state index is 10.7. The van der Waals surface area contributed by atoms with Gasteiger partial charge in [-0.2, -0.15) is 5.10 Å². The van der Waals surface area contributed by atoms with Crippen LogP contribution in [0, 0.1) is 13.7 Å². The van der Waals surface area contributed by atoms with E-state index in [1.54, 1.807) is 16.8 Å². The molecule has 0 unspecified atom stereocenters. The highest BCUT2D eigenvalue weighted by atomic mass is 127. The Bertz CT molecular complexity index is 624. The van der Waals surface area contributed by atoms with E-state index >= 15 is 0 Å². The second-order valence-corrected chi connectivity index (χ2v) is 5.23. The molecule has 6 nitrogen and oxygen atoms in total. The molecule has 2 rings (SSSR count). The summed E-state index contributed by atoms with van der Waals surface area (Å²) in [6.45, 7) is 2.04. The Morgan fingerprint density at radius 1 is 1.47 bits per heavy atom. The van der Waals surface area contributed by atoms with Crippen LogP contribution in [0.5, 0.6) is 0 Å². The molecule has 0 aliphatic rings. The number of benzene rings is 1. The van der Waals surface area contributed by atoms with Crippen LogP contribution in [0.1, 0.15) is 12.6 Å². The summed E-state index contributed by atoms with van der Waals surface area (Å²) in [5, 5.41) is 18.3. The van der Waals surface area contributed by atoms with Crippen LogP contribution in [0.4, 0.5) is 17.1 Å². The van der Waals surface area contributed by atoms with Crippen molar-refractivity contribution in [2.75, 3.05) is 5.32 Å². The first-order valence-corrected chi connectivity index (χ1v) is 6.82. The number of aromatic nitrogens is 2. The second-order valence-electron chi connectivity index (χ2n) is 4.06. The van der Waals surface area contributed by atoms with Crippen LogP contribution in [0.15, 0.2) is 24.4 Å². The lowest BCUT2D eigenvalue weighted by atomic mass is 10.2. The maximum Gasteiger partial charge on any atom is 0.270 e. The van der Waals surface area contributed by atoms with Crippen molar-refractivity contribution in [1.82, 2.24) is 9.78 Å². The minimum absolute atomic E-state index is 0.0943. The van der Waals surface area contributed by atoms with Crippen LogP contribution in [-0.2, 0) is 13.5 Å². The molecule has 1 aromatic heterocycles. The fourth-order valence-electron chi connectivity index (χ4n) is 1.76. The van der Waals surface area contributed by atoms with Gasteiger partial charge < -0.3 is 5.32 Å². The SMILES string of the molecule is CCc1nn(C)cc1Nc1ccc([N+](=O)[O-])cc1I. The minimum atomic E-state index is -0.395. The highest BCUT2D eigenvalue weighted by Crippen LogP contribution is 2.27. The second kappa shape index (κ2) is 5.55. The number of nitro benzene ring substituents is 1. The molecule has 0 aliphatic carbocycles. The standard InChI is InChI=1S/C12H13IN4O2/c1-3-10-12(7-16(2)15-10)14-11-5-4-8(17(18)19)6-9(11)13/h4-7,14H,3H2,1-2H3. The monoisotopic (exact) mass is 372 g/mol. The van der Waals surface area contributed by atoms with E-state index in [1.165, 1.54) is 6.07 Å². The Hall–Kier alpha value is -1.64. The van der Waals surface area contributed by atoms with Crippen LogP contribution in [0.2, 0.25) is 0 Å². The Kier molecular flexibility index (Phi) is 4.03. The van der Waals surface area contributed by atoms with Crippen molar-refractivity contribution < 1.29 is 4.92 Å². The van der Waals surface area contributed by atoms with Gasteiger partial charge in [0.05, 0.1) is 22.0 Å². The van der Waals surface area contributed by atoms with E-state index in [0.717, 1.165) is 27.1 Å². The highest BCUT2D eigenvalue weighted by Gasteiger charge is 2.11. The molecule has 7 heteroatoms. The van der Waals surface area contributed by atoms with Crippen LogP contribution in [-0.4, -0.2) is 14.7 Å². The van der Waals surface area contributed by atoms with Crippen molar-refractivity contribution in [3.8, 4) is 0 Å². The number of hydrogen-bond donors (Lipinski definition) is 1. The molecule has 0 saturated carbocycles. The predicted octanol–water partition coefficient (Wildman–Crippen LogP) is 3.24. The average molecular weight is 372 g/mol. The van der Waals surface area contributed by atoms with E-state index in [1.807, 2.05) is 20.2 Å². The number of nitro groups is 1. The first-order chi connectivity index (χ1) is 9.01. The molecule has 0 amide bonds.